The van der Waals surface area contributed by atoms with E-state index in [1.165, 1.54) is 19.3 Å². The van der Waals surface area contributed by atoms with E-state index in [2.05, 4.69) is 4.98 Å². The smallest absolute Gasteiger partial charge is 0.197 e. The number of hydrogen-bond acceptors (Lipinski definition) is 3. The fourth-order valence-electron chi connectivity index (χ4n) is 3.49. The van der Waals surface area contributed by atoms with E-state index in [0.29, 0.717) is 5.92 Å². The molecule has 0 spiro atoms. The van der Waals surface area contributed by atoms with Crippen LogP contribution in [0.3, 0.4) is 0 Å². The predicted molar refractivity (Wildman–Crippen MR) is 70.0 cm³/mol. The second kappa shape index (κ2) is 3.82. The molecule has 3 atom stereocenters. The summed E-state index contributed by atoms with van der Waals surface area (Å²) in [5, 5.41) is 0. The molecule has 3 unspecified atom stereocenters. The monoisotopic (exact) mass is 242 g/mol. The van der Waals surface area contributed by atoms with Crippen LogP contribution in [-0.4, -0.2) is 11.0 Å². The highest BCUT2D eigenvalue weighted by atomic mass is 16.3. The van der Waals surface area contributed by atoms with Crippen LogP contribution < -0.4 is 5.73 Å². The largest absolute Gasteiger partial charge is 0.441 e. The Bertz CT molecular complexity index is 534. The highest BCUT2D eigenvalue weighted by molar-refractivity contribution is 5.72. The molecule has 2 aromatic rings. The minimum atomic E-state index is 0.214. The van der Waals surface area contributed by atoms with Crippen LogP contribution in [0.25, 0.3) is 11.1 Å². The maximum atomic E-state index is 6.32. The maximum absolute atomic E-state index is 6.32. The molecule has 0 amide bonds. The number of fused-ring (bicyclic) bond motifs is 2. The first-order chi connectivity index (χ1) is 8.79. The Balaban J connectivity index is 1.49. The molecule has 0 radical (unpaired) electrons. The van der Waals surface area contributed by atoms with Gasteiger partial charge in [0.2, 0.25) is 0 Å². The fraction of sp³-hybridized carbons (Fsp3) is 0.533. The van der Waals surface area contributed by atoms with E-state index in [1.807, 2.05) is 24.3 Å². The molecule has 2 aliphatic rings. The zero-order valence-corrected chi connectivity index (χ0v) is 10.4. The standard InChI is InChI=1S/C15H18N2O/c16-12(11-6-9-5-10(9)7-11)8-15-17-13-3-1-2-4-14(13)18-15/h1-4,9-12H,5-8,16H2. The van der Waals surface area contributed by atoms with Crippen LogP contribution in [0.2, 0.25) is 0 Å². The third-order valence-corrected chi connectivity index (χ3v) is 4.63. The zero-order valence-electron chi connectivity index (χ0n) is 10.4. The van der Waals surface area contributed by atoms with E-state index >= 15 is 0 Å². The quantitative estimate of drug-likeness (QED) is 0.900. The van der Waals surface area contributed by atoms with E-state index in [-0.39, 0.29) is 6.04 Å². The van der Waals surface area contributed by atoms with Gasteiger partial charge in [0.15, 0.2) is 11.5 Å². The van der Waals surface area contributed by atoms with E-state index < -0.39 is 0 Å². The SMILES string of the molecule is NC(Cc1nc2ccccc2o1)C1CC2CC2C1. The van der Waals surface area contributed by atoms with E-state index in [0.717, 1.165) is 35.2 Å². The zero-order chi connectivity index (χ0) is 12.1. The van der Waals surface area contributed by atoms with Crippen molar-refractivity contribution in [3.05, 3.63) is 30.2 Å². The van der Waals surface area contributed by atoms with Gasteiger partial charge in [-0.3, -0.25) is 0 Å². The lowest BCUT2D eigenvalue weighted by Crippen LogP contribution is -2.31. The summed E-state index contributed by atoms with van der Waals surface area (Å²) < 4.78 is 5.75. The molecular formula is C15H18N2O. The normalized spacial score (nSPS) is 31.5. The summed E-state index contributed by atoms with van der Waals surface area (Å²) in [6, 6.07) is 8.12. The van der Waals surface area contributed by atoms with Gasteiger partial charge >= 0.3 is 0 Å². The molecule has 1 aromatic heterocycles. The van der Waals surface area contributed by atoms with Gasteiger partial charge in [-0.1, -0.05) is 12.1 Å². The number of nitrogens with two attached hydrogens (primary N) is 1. The van der Waals surface area contributed by atoms with Gasteiger partial charge in [-0.2, -0.15) is 0 Å². The summed E-state index contributed by atoms with van der Waals surface area (Å²) in [6.45, 7) is 0. The number of hydrogen-bond donors (Lipinski definition) is 1. The molecule has 2 saturated carbocycles. The Morgan fingerprint density at radius 2 is 2.00 bits per heavy atom. The van der Waals surface area contributed by atoms with Crippen molar-refractivity contribution in [2.45, 2.75) is 31.7 Å². The first kappa shape index (κ1) is 10.6. The average Bonchev–Trinajstić information content (AvgIpc) is 2.83. The molecule has 3 heteroatoms. The first-order valence-corrected chi connectivity index (χ1v) is 6.89. The van der Waals surface area contributed by atoms with Crippen molar-refractivity contribution < 1.29 is 4.42 Å². The lowest BCUT2D eigenvalue weighted by atomic mass is 9.93. The number of benzene rings is 1. The van der Waals surface area contributed by atoms with Gasteiger partial charge in [0.25, 0.3) is 0 Å². The molecule has 1 aromatic carbocycles. The van der Waals surface area contributed by atoms with Crippen molar-refractivity contribution in [1.29, 1.82) is 0 Å². The number of rotatable bonds is 3. The van der Waals surface area contributed by atoms with Crippen molar-refractivity contribution in [2.24, 2.45) is 23.5 Å². The topological polar surface area (TPSA) is 52.0 Å². The Kier molecular flexibility index (Phi) is 2.24. The average molecular weight is 242 g/mol. The molecule has 0 aliphatic heterocycles. The Morgan fingerprint density at radius 1 is 1.22 bits per heavy atom. The van der Waals surface area contributed by atoms with Crippen LogP contribution in [0.15, 0.2) is 28.7 Å². The first-order valence-electron chi connectivity index (χ1n) is 6.89. The summed E-state index contributed by atoms with van der Waals surface area (Å²) in [7, 11) is 0. The van der Waals surface area contributed by atoms with Crippen molar-refractivity contribution in [2.75, 3.05) is 0 Å². The lowest BCUT2D eigenvalue weighted by molar-refractivity contribution is 0.368. The lowest BCUT2D eigenvalue weighted by Gasteiger charge is -2.18. The van der Waals surface area contributed by atoms with Gasteiger partial charge in [-0.15, -0.1) is 0 Å². The van der Waals surface area contributed by atoms with Crippen molar-refractivity contribution in [3.8, 4) is 0 Å². The molecule has 2 fully saturated rings. The van der Waals surface area contributed by atoms with Crippen molar-refractivity contribution >= 4 is 11.1 Å². The molecule has 18 heavy (non-hydrogen) atoms. The Morgan fingerprint density at radius 3 is 2.78 bits per heavy atom. The van der Waals surface area contributed by atoms with Crippen LogP contribution in [0.1, 0.15) is 25.2 Å². The van der Waals surface area contributed by atoms with E-state index in [4.69, 9.17) is 10.2 Å². The van der Waals surface area contributed by atoms with Crippen LogP contribution >= 0.6 is 0 Å². The van der Waals surface area contributed by atoms with Gasteiger partial charge in [0.1, 0.15) is 5.52 Å². The van der Waals surface area contributed by atoms with Crippen LogP contribution in [0, 0.1) is 17.8 Å². The third-order valence-electron chi connectivity index (χ3n) is 4.63. The van der Waals surface area contributed by atoms with E-state index in [9.17, 15) is 0 Å². The van der Waals surface area contributed by atoms with Gasteiger partial charge in [0.05, 0.1) is 0 Å². The second-order valence-corrected chi connectivity index (χ2v) is 5.93. The minimum Gasteiger partial charge on any atom is -0.441 e. The molecule has 2 aliphatic carbocycles. The molecular weight excluding hydrogens is 224 g/mol. The van der Waals surface area contributed by atoms with Gasteiger partial charge < -0.3 is 10.2 Å². The predicted octanol–water partition coefficient (Wildman–Crippen LogP) is 2.74. The molecule has 94 valence electrons. The fourth-order valence-corrected chi connectivity index (χ4v) is 3.49. The summed E-state index contributed by atoms with van der Waals surface area (Å²) in [6.07, 6.45) is 4.88. The summed E-state index contributed by atoms with van der Waals surface area (Å²) in [5.41, 5.74) is 8.12. The third kappa shape index (κ3) is 1.74. The number of aromatic nitrogens is 1. The highest BCUT2D eigenvalue weighted by Gasteiger charge is 2.47. The van der Waals surface area contributed by atoms with Crippen molar-refractivity contribution in [3.63, 3.8) is 0 Å². The minimum absolute atomic E-state index is 0.214. The maximum Gasteiger partial charge on any atom is 0.197 e. The second-order valence-electron chi connectivity index (χ2n) is 5.93. The van der Waals surface area contributed by atoms with Crippen LogP contribution in [-0.2, 0) is 6.42 Å². The van der Waals surface area contributed by atoms with Crippen molar-refractivity contribution in [1.82, 2.24) is 4.98 Å². The van der Waals surface area contributed by atoms with Gasteiger partial charge in [-0.05, 0) is 49.1 Å². The highest BCUT2D eigenvalue weighted by Crippen LogP contribution is 2.55. The number of para-hydroxylation sites is 2. The molecule has 4 rings (SSSR count). The number of nitrogens with zero attached hydrogens (tertiary/aromatic N) is 1. The van der Waals surface area contributed by atoms with Crippen LogP contribution in [0.4, 0.5) is 0 Å². The van der Waals surface area contributed by atoms with E-state index in [1.54, 1.807) is 0 Å². The summed E-state index contributed by atoms with van der Waals surface area (Å²) in [4.78, 5) is 4.51. The summed E-state index contributed by atoms with van der Waals surface area (Å²) >= 11 is 0. The number of oxazole rings is 1. The molecule has 3 nitrogen and oxygen atoms in total. The van der Waals surface area contributed by atoms with Crippen LogP contribution in [0.5, 0.6) is 0 Å². The summed E-state index contributed by atoms with van der Waals surface area (Å²) in [5.74, 6) is 3.46. The van der Waals surface area contributed by atoms with Gasteiger partial charge in [-0.25, -0.2) is 4.98 Å². The molecule has 0 saturated heterocycles. The Labute approximate surface area is 106 Å². The molecule has 1 heterocycles. The molecule has 2 N–H and O–H groups in total. The molecule has 0 bridgehead atoms. The Hall–Kier alpha value is -1.35. The van der Waals surface area contributed by atoms with Gasteiger partial charge in [0, 0.05) is 12.5 Å².